The highest BCUT2D eigenvalue weighted by Crippen LogP contribution is 2.42. The Morgan fingerprint density at radius 3 is 2.34 bits per heavy atom. The standard InChI is InChI=1S/C26H32N6/c1-29-15-17-30(18-16-29)12-6-13-31-19-24-21-8-3-2-7-20(21)11-14-32(24)26-25(31)27-22-9-4-5-10-23(22)28-26/h2-5,7-10,24H,6,11-19H2,1H3. The highest BCUT2D eigenvalue weighted by atomic mass is 15.4. The van der Waals surface area contributed by atoms with Gasteiger partial charge in [-0.15, -0.1) is 0 Å². The highest BCUT2D eigenvalue weighted by Gasteiger charge is 2.37. The monoisotopic (exact) mass is 428 g/mol. The first-order chi connectivity index (χ1) is 15.8. The number of para-hydroxylation sites is 2. The third kappa shape index (κ3) is 3.61. The van der Waals surface area contributed by atoms with Crippen molar-refractivity contribution in [2.24, 2.45) is 0 Å². The maximum Gasteiger partial charge on any atom is 0.173 e. The minimum absolute atomic E-state index is 0.353. The molecule has 166 valence electrons. The second-order valence-electron chi connectivity index (χ2n) is 9.46. The lowest BCUT2D eigenvalue weighted by Gasteiger charge is -2.46. The average molecular weight is 429 g/mol. The van der Waals surface area contributed by atoms with Gasteiger partial charge in [-0.05, 0) is 49.7 Å². The predicted molar refractivity (Wildman–Crippen MR) is 131 cm³/mol. The summed E-state index contributed by atoms with van der Waals surface area (Å²) in [4.78, 5) is 20.3. The Morgan fingerprint density at radius 1 is 0.812 bits per heavy atom. The Bertz CT molecular complexity index is 1110. The van der Waals surface area contributed by atoms with Crippen LogP contribution in [0.4, 0.5) is 11.6 Å². The molecule has 1 atom stereocenters. The van der Waals surface area contributed by atoms with E-state index in [9.17, 15) is 0 Å². The van der Waals surface area contributed by atoms with Crippen molar-refractivity contribution < 1.29 is 0 Å². The van der Waals surface area contributed by atoms with Gasteiger partial charge in [-0.25, -0.2) is 9.97 Å². The molecule has 6 heteroatoms. The minimum atomic E-state index is 0.353. The molecular formula is C26H32N6. The van der Waals surface area contributed by atoms with Crippen molar-refractivity contribution in [3.63, 3.8) is 0 Å². The summed E-state index contributed by atoms with van der Waals surface area (Å²) < 4.78 is 0. The fraction of sp³-hybridized carbons (Fsp3) is 0.462. The molecule has 1 fully saturated rings. The Morgan fingerprint density at radius 2 is 1.53 bits per heavy atom. The van der Waals surface area contributed by atoms with Gasteiger partial charge in [0.05, 0.1) is 17.1 Å². The van der Waals surface area contributed by atoms with Crippen molar-refractivity contribution in [1.29, 1.82) is 0 Å². The molecule has 3 aromatic rings. The molecule has 0 spiro atoms. The van der Waals surface area contributed by atoms with Crippen LogP contribution in [0.2, 0.25) is 0 Å². The number of fused-ring (bicyclic) bond motifs is 6. The zero-order valence-electron chi connectivity index (χ0n) is 19.0. The molecule has 4 heterocycles. The number of hydrogen-bond donors (Lipinski definition) is 0. The number of rotatable bonds is 4. The van der Waals surface area contributed by atoms with Gasteiger partial charge in [0.1, 0.15) is 0 Å². The number of aromatic nitrogens is 2. The summed E-state index contributed by atoms with van der Waals surface area (Å²) in [6.07, 6.45) is 2.23. The van der Waals surface area contributed by atoms with Crippen molar-refractivity contribution in [3.05, 3.63) is 59.7 Å². The summed E-state index contributed by atoms with van der Waals surface area (Å²) in [5, 5.41) is 0. The molecule has 0 radical (unpaired) electrons. The van der Waals surface area contributed by atoms with E-state index in [4.69, 9.17) is 9.97 Å². The molecule has 0 saturated carbocycles. The van der Waals surface area contributed by atoms with Crippen molar-refractivity contribution in [1.82, 2.24) is 19.8 Å². The van der Waals surface area contributed by atoms with Crippen LogP contribution in [0.5, 0.6) is 0 Å². The van der Waals surface area contributed by atoms with E-state index in [0.717, 1.165) is 61.7 Å². The van der Waals surface area contributed by atoms with Gasteiger partial charge in [-0.1, -0.05) is 36.4 Å². The van der Waals surface area contributed by atoms with E-state index >= 15 is 0 Å². The van der Waals surface area contributed by atoms with Crippen molar-refractivity contribution in [3.8, 4) is 0 Å². The lowest BCUT2D eigenvalue weighted by Crippen LogP contribution is -2.49. The van der Waals surface area contributed by atoms with Crippen LogP contribution in [0.15, 0.2) is 48.5 Å². The smallest absolute Gasteiger partial charge is 0.173 e. The van der Waals surface area contributed by atoms with E-state index in [2.05, 4.69) is 75.2 Å². The predicted octanol–water partition coefficient (Wildman–Crippen LogP) is 3.19. The summed E-state index contributed by atoms with van der Waals surface area (Å²) in [6, 6.07) is 17.6. The molecule has 0 bridgehead atoms. The fourth-order valence-corrected chi connectivity index (χ4v) is 5.54. The molecule has 6 rings (SSSR count). The summed E-state index contributed by atoms with van der Waals surface area (Å²) in [7, 11) is 2.22. The number of likely N-dealkylation sites (N-methyl/N-ethyl adjacent to an activating group) is 1. The largest absolute Gasteiger partial charge is 0.351 e. The van der Waals surface area contributed by atoms with E-state index < -0.39 is 0 Å². The lowest BCUT2D eigenvalue weighted by molar-refractivity contribution is 0.153. The summed E-state index contributed by atoms with van der Waals surface area (Å²) in [6.45, 7) is 8.90. The highest BCUT2D eigenvalue weighted by molar-refractivity contribution is 5.82. The number of hydrogen-bond acceptors (Lipinski definition) is 6. The number of nitrogens with zero attached hydrogens (tertiary/aromatic N) is 6. The summed E-state index contributed by atoms with van der Waals surface area (Å²) >= 11 is 0. The summed E-state index contributed by atoms with van der Waals surface area (Å²) in [5.41, 5.74) is 4.93. The van der Waals surface area contributed by atoms with Crippen LogP contribution in [0, 0.1) is 0 Å². The number of anilines is 2. The van der Waals surface area contributed by atoms with E-state index in [1.54, 1.807) is 0 Å². The Labute approximate surface area is 190 Å². The van der Waals surface area contributed by atoms with Gasteiger partial charge in [0.2, 0.25) is 0 Å². The van der Waals surface area contributed by atoms with Crippen LogP contribution < -0.4 is 9.80 Å². The number of benzene rings is 2. The van der Waals surface area contributed by atoms with Crippen molar-refractivity contribution in [2.45, 2.75) is 18.9 Å². The van der Waals surface area contributed by atoms with Gasteiger partial charge in [0.15, 0.2) is 11.6 Å². The molecule has 3 aliphatic heterocycles. The van der Waals surface area contributed by atoms with Crippen LogP contribution in [-0.4, -0.2) is 79.2 Å². The van der Waals surface area contributed by atoms with Gasteiger partial charge < -0.3 is 19.6 Å². The SMILES string of the molecule is CN1CCN(CCCN2CC3c4ccccc4CCN3c3nc4ccccc4nc32)CC1. The Kier molecular flexibility index (Phi) is 5.20. The molecule has 32 heavy (non-hydrogen) atoms. The molecule has 2 aromatic carbocycles. The first-order valence-electron chi connectivity index (χ1n) is 12.0. The van der Waals surface area contributed by atoms with Gasteiger partial charge >= 0.3 is 0 Å². The van der Waals surface area contributed by atoms with Gasteiger partial charge in [0.25, 0.3) is 0 Å². The third-order valence-corrected chi connectivity index (χ3v) is 7.41. The van der Waals surface area contributed by atoms with E-state index in [1.165, 1.54) is 37.3 Å². The van der Waals surface area contributed by atoms with Crippen LogP contribution in [0.25, 0.3) is 11.0 Å². The molecule has 1 saturated heterocycles. The van der Waals surface area contributed by atoms with E-state index in [1.807, 2.05) is 0 Å². The van der Waals surface area contributed by atoms with Gasteiger partial charge in [-0.3, -0.25) is 0 Å². The molecule has 6 nitrogen and oxygen atoms in total. The maximum atomic E-state index is 5.14. The zero-order valence-corrected chi connectivity index (χ0v) is 19.0. The second-order valence-corrected chi connectivity index (χ2v) is 9.46. The van der Waals surface area contributed by atoms with Crippen LogP contribution >= 0.6 is 0 Å². The second kappa shape index (κ2) is 8.34. The molecule has 0 amide bonds. The van der Waals surface area contributed by atoms with Crippen LogP contribution in [0.1, 0.15) is 23.6 Å². The van der Waals surface area contributed by atoms with Gasteiger partial charge in [0, 0.05) is 45.8 Å². The lowest BCUT2D eigenvalue weighted by atomic mass is 9.91. The first kappa shape index (κ1) is 19.9. The summed E-state index contributed by atoms with van der Waals surface area (Å²) in [5.74, 6) is 2.13. The van der Waals surface area contributed by atoms with E-state index in [0.29, 0.717) is 6.04 Å². The average Bonchev–Trinajstić information content (AvgIpc) is 2.84. The van der Waals surface area contributed by atoms with E-state index in [-0.39, 0.29) is 0 Å². The molecule has 1 unspecified atom stereocenters. The zero-order chi connectivity index (χ0) is 21.5. The molecular weight excluding hydrogens is 396 g/mol. The molecule has 3 aliphatic rings. The minimum Gasteiger partial charge on any atom is -0.351 e. The van der Waals surface area contributed by atoms with Crippen LogP contribution in [-0.2, 0) is 6.42 Å². The number of piperazine rings is 1. The topological polar surface area (TPSA) is 38.7 Å². The normalized spacial score (nSPS) is 21.3. The fourth-order valence-electron chi connectivity index (χ4n) is 5.54. The quantitative estimate of drug-likeness (QED) is 0.636. The van der Waals surface area contributed by atoms with Gasteiger partial charge in [-0.2, -0.15) is 0 Å². The van der Waals surface area contributed by atoms with Crippen LogP contribution in [0.3, 0.4) is 0 Å². The molecule has 0 aliphatic carbocycles. The molecule has 1 aromatic heterocycles. The Balaban J connectivity index is 1.30. The maximum absolute atomic E-state index is 5.14. The van der Waals surface area contributed by atoms with Crippen molar-refractivity contribution >= 4 is 22.7 Å². The van der Waals surface area contributed by atoms with Crippen molar-refractivity contribution in [2.75, 3.05) is 69.2 Å². The molecule has 0 N–H and O–H groups in total. The Hall–Kier alpha value is -2.70. The first-order valence-corrected chi connectivity index (χ1v) is 12.0. The third-order valence-electron chi connectivity index (χ3n) is 7.41.